The summed E-state index contributed by atoms with van der Waals surface area (Å²) in [6.07, 6.45) is 0. The van der Waals surface area contributed by atoms with E-state index in [9.17, 15) is 9.59 Å². The summed E-state index contributed by atoms with van der Waals surface area (Å²) in [7, 11) is 1.80. The molecule has 0 aromatic heterocycles. The minimum absolute atomic E-state index is 0.0313. The number of hydrogen-bond donors (Lipinski definition) is 1. The molecule has 0 saturated heterocycles. The molecule has 1 aliphatic rings. The number of nitrogens with one attached hydrogen (secondary N) is 1. The second-order valence-electron chi connectivity index (χ2n) is 6.83. The van der Waals surface area contributed by atoms with Gasteiger partial charge in [-0.3, -0.25) is 14.5 Å². The van der Waals surface area contributed by atoms with Crippen LogP contribution in [0.3, 0.4) is 0 Å². The molecule has 1 N–H and O–H groups in total. The molecular formula is C17H25N3O2S. The summed E-state index contributed by atoms with van der Waals surface area (Å²) < 4.78 is 0. The van der Waals surface area contributed by atoms with E-state index >= 15 is 0 Å². The lowest BCUT2D eigenvalue weighted by Gasteiger charge is -2.30. The fourth-order valence-corrected chi connectivity index (χ4v) is 3.50. The van der Waals surface area contributed by atoms with Crippen molar-refractivity contribution in [2.45, 2.75) is 31.2 Å². The maximum atomic E-state index is 12.6. The molecule has 2 amide bonds. The van der Waals surface area contributed by atoms with E-state index in [2.05, 4.69) is 5.32 Å². The monoisotopic (exact) mass is 335 g/mol. The van der Waals surface area contributed by atoms with Crippen molar-refractivity contribution in [2.24, 2.45) is 0 Å². The summed E-state index contributed by atoms with van der Waals surface area (Å²) in [4.78, 5) is 29.2. The van der Waals surface area contributed by atoms with Crippen molar-refractivity contribution in [3.63, 3.8) is 0 Å². The van der Waals surface area contributed by atoms with Crippen LogP contribution in [0, 0.1) is 0 Å². The lowest BCUT2D eigenvalue weighted by Crippen LogP contribution is -2.48. The van der Waals surface area contributed by atoms with Gasteiger partial charge < -0.3 is 10.2 Å². The highest BCUT2D eigenvalue weighted by molar-refractivity contribution is 7.99. The van der Waals surface area contributed by atoms with Crippen molar-refractivity contribution in [2.75, 3.05) is 37.3 Å². The summed E-state index contributed by atoms with van der Waals surface area (Å²) in [6, 6.07) is 7.96. The van der Waals surface area contributed by atoms with E-state index in [4.69, 9.17) is 0 Å². The molecule has 0 atom stereocenters. The van der Waals surface area contributed by atoms with Crippen molar-refractivity contribution in [1.82, 2.24) is 10.2 Å². The Kier molecular flexibility index (Phi) is 5.70. The van der Waals surface area contributed by atoms with E-state index in [0.717, 1.165) is 16.3 Å². The molecule has 0 bridgehead atoms. The highest BCUT2D eigenvalue weighted by atomic mass is 32.2. The first kappa shape index (κ1) is 17.8. The van der Waals surface area contributed by atoms with Crippen LogP contribution in [0.2, 0.25) is 0 Å². The van der Waals surface area contributed by atoms with Crippen molar-refractivity contribution in [3.05, 3.63) is 24.3 Å². The Morgan fingerprint density at radius 1 is 1.26 bits per heavy atom. The molecule has 1 heterocycles. The zero-order valence-electron chi connectivity index (χ0n) is 14.3. The van der Waals surface area contributed by atoms with Gasteiger partial charge in [0.15, 0.2) is 0 Å². The van der Waals surface area contributed by atoms with Gasteiger partial charge in [0, 0.05) is 22.7 Å². The third kappa shape index (κ3) is 5.25. The van der Waals surface area contributed by atoms with Crippen molar-refractivity contribution >= 4 is 29.3 Å². The number of fused-ring (bicyclic) bond motifs is 1. The molecular weight excluding hydrogens is 310 g/mol. The third-order valence-corrected chi connectivity index (χ3v) is 4.41. The second-order valence-corrected chi connectivity index (χ2v) is 7.97. The molecule has 5 nitrogen and oxygen atoms in total. The number of anilines is 1. The van der Waals surface area contributed by atoms with Crippen LogP contribution in [0.15, 0.2) is 29.2 Å². The first-order valence-corrected chi connectivity index (χ1v) is 8.76. The molecule has 23 heavy (non-hydrogen) atoms. The zero-order chi connectivity index (χ0) is 17.0. The Labute approximate surface area is 142 Å². The SMILES string of the molecule is CN(CC(=O)NC(C)(C)C)CC(=O)N1CCSc2ccccc21. The summed E-state index contributed by atoms with van der Waals surface area (Å²) in [5.74, 6) is 0.864. The predicted molar refractivity (Wildman–Crippen MR) is 94.9 cm³/mol. The van der Waals surface area contributed by atoms with Gasteiger partial charge in [-0.1, -0.05) is 12.1 Å². The van der Waals surface area contributed by atoms with Crippen LogP contribution in [-0.4, -0.2) is 54.7 Å². The van der Waals surface area contributed by atoms with Crippen LogP contribution in [0.4, 0.5) is 5.69 Å². The molecule has 2 rings (SSSR count). The van der Waals surface area contributed by atoms with Gasteiger partial charge in [0.05, 0.1) is 18.8 Å². The van der Waals surface area contributed by atoms with E-state index in [1.807, 2.05) is 49.9 Å². The molecule has 6 heteroatoms. The Morgan fingerprint density at radius 2 is 1.96 bits per heavy atom. The number of amides is 2. The number of benzene rings is 1. The quantitative estimate of drug-likeness (QED) is 0.914. The van der Waals surface area contributed by atoms with Crippen LogP contribution in [0.5, 0.6) is 0 Å². The fraction of sp³-hybridized carbons (Fsp3) is 0.529. The van der Waals surface area contributed by atoms with Gasteiger partial charge in [0.2, 0.25) is 11.8 Å². The molecule has 0 unspecified atom stereocenters. The molecule has 0 radical (unpaired) electrons. The molecule has 126 valence electrons. The van der Waals surface area contributed by atoms with Crippen molar-refractivity contribution in [3.8, 4) is 0 Å². The smallest absolute Gasteiger partial charge is 0.241 e. The zero-order valence-corrected chi connectivity index (χ0v) is 15.1. The average Bonchev–Trinajstić information content (AvgIpc) is 2.44. The molecule has 0 saturated carbocycles. The lowest BCUT2D eigenvalue weighted by molar-refractivity contribution is -0.124. The average molecular weight is 335 g/mol. The number of carbonyl (C=O) groups is 2. The lowest BCUT2D eigenvalue weighted by atomic mass is 10.1. The first-order chi connectivity index (χ1) is 10.8. The van der Waals surface area contributed by atoms with Crippen LogP contribution in [0.1, 0.15) is 20.8 Å². The van der Waals surface area contributed by atoms with E-state index in [-0.39, 0.29) is 30.4 Å². The highest BCUT2D eigenvalue weighted by Crippen LogP contribution is 2.34. The minimum Gasteiger partial charge on any atom is -0.350 e. The van der Waals surface area contributed by atoms with Crippen LogP contribution in [0.25, 0.3) is 0 Å². The topological polar surface area (TPSA) is 52.7 Å². The van der Waals surface area contributed by atoms with Gasteiger partial charge in [0.1, 0.15) is 0 Å². The van der Waals surface area contributed by atoms with E-state index in [0.29, 0.717) is 6.54 Å². The normalized spacial score (nSPS) is 14.6. The van der Waals surface area contributed by atoms with Crippen molar-refractivity contribution in [1.29, 1.82) is 0 Å². The van der Waals surface area contributed by atoms with Crippen LogP contribution < -0.4 is 10.2 Å². The largest absolute Gasteiger partial charge is 0.350 e. The summed E-state index contributed by atoms with van der Waals surface area (Å²) >= 11 is 1.77. The number of hydrogen-bond acceptors (Lipinski definition) is 4. The first-order valence-electron chi connectivity index (χ1n) is 7.78. The standard InChI is InChI=1S/C17H25N3O2S/c1-17(2,3)18-15(21)11-19(4)12-16(22)20-9-10-23-14-8-6-5-7-13(14)20/h5-8H,9-12H2,1-4H3,(H,18,21). The Hall–Kier alpha value is -1.53. The number of rotatable bonds is 4. The van der Waals surface area contributed by atoms with Crippen LogP contribution in [-0.2, 0) is 9.59 Å². The van der Waals surface area contributed by atoms with Gasteiger partial charge in [-0.15, -0.1) is 11.8 Å². The minimum atomic E-state index is -0.259. The summed E-state index contributed by atoms with van der Waals surface area (Å²) in [5.41, 5.74) is 0.714. The number of para-hydroxylation sites is 1. The van der Waals surface area contributed by atoms with Crippen molar-refractivity contribution < 1.29 is 9.59 Å². The van der Waals surface area contributed by atoms with Gasteiger partial charge >= 0.3 is 0 Å². The molecule has 0 fully saturated rings. The molecule has 0 spiro atoms. The van der Waals surface area contributed by atoms with E-state index < -0.39 is 0 Å². The maximum absolute atomic E-state index is 12.6. The molecule has 0 aliphatic carbocycles. The number of likely N-dealkylation sites (N-methyl/N-ethyl adjacent to an activating group) is 1. The second kappa shape index (κ2) is 7.36. The molecule has 1 aliphatic heterocycles. The Morgan fingerprint density at radius 3 is 2.65 bits per heavy atom. The Bertz CT molecular complexity index is 583. The highest BCUT2D eigenvalue weighted by Gasteiger charge is 2.24. The summed E-state index contributed by atoms with van der Waals surface area (Å²) in [5, 5.41) is 2.91. The van der Waals surface area contributed by atoms with Gasteiger partial charge in [0.25, 0.3) is 0 Å². The number of thioether (sulfide) groups is 1. The maximum Gasteiger partial charge on any atom is 0.241 e. The fourth-order valence-electron chi connectivity index (χ4n) is 2.50. The number of nitrogens with zero attached hydrogens (tertiary/aromatic N) is 2. The third-order valence-electron chi connectivity index (χ3n) is 3.36. The van der Waals surface area contributed by atoms with Gasteiger partial charge in [-0.25, -0.2) is 0 Å². The van der Waals surface area contributed by atoms with Gasteiger partial charge in [-0.2, -0.15) is 0 Å². The predicted octanol–water partition coefficient (Wildman–Crippen LogP) is 1.97. The molecule has 1 aromatic carbocycles. The summed E-state index contributed by atoms with van der Waals surface area (Å²) in [6.45, 7) is 6.99. The number of carbonyl (C=O) groups excluding carboxylic acids is 2. The Balaban J connectivity index is 1.93. The van der Waals surface area contributed by atoms with E-state index in [1.54, 1.807) is 23.7 Å². The van der Waals surface area contributed by atoms with Crippen LogP contribution >= 0.6 is 11.8 Å². The molecule has 1 aromatic rings. The van der Waals surface area contributed by atoms with E-state index in [1.165, 1.54) is 0 Å². The van der Waals surface area contributed by atoms with Gasteiger partial charge in [-0.05, 0) is 40.0 Å².